The van der Waals surface area contributed by atoms with Crippen LogP contribution < -0.4 is 9.47 Å². The monoisotopic (exact) mass is 493 g/mol. The highest BCUT2D eigenvalue weighted by molar-refractivity contribution is 9.10. The molecule has 0 atom stereocenters. The number of carbonyl (C=O) groups is 2. The van der Waals surface area contributed by atoms with E-state index < -0.39 is 11.9 Å². The second-order valence-corrected chi connectivity index (χ2v) is 7.54. The molecule has 1 heterocycles. The van der Waals surface area contributed by atoms with Crippen LogP contribution in [0.4, 0.5) is 0 Å². The lowest BCUT2D eigenvalue weighted by atomic mass is 9.92. The maximum atomic E-state index is 12.9. The van der Waals surface area contributed by atoms with E-state index in [4.69, 9.17) is 18.9 Å². The second kappa shape index (κ2) is 11.1. The van der Waals surface area contributed by atoms with Gasteiger partial charge in [-0.25, -0.2) is 9.59 Å². The van der Waals surface area contributed by atoms with Gasteiger partial charge in [0, 0.05) is 5.56 Å². The number of hydrogen-bond acceptors (Lipinski definition) is 7. The first kappa shape index (κ1) is 24.7. The first-order valence-corrected chi connectivity index (χ1v) is 11.0. The van der Waals surface area contributed by atoms with Gasteiger partial charge in [0.1, 0.15) is 0 Å². The van der Waals surface area contributed by atoms with Crippen LogP contribution in [0.2, 0.25) is 0 Å². The molecular formula is C23H28BrNO6. The van der Waals surface area contributed by atoms with Crippen molar-refractivity contribution in [3.05, 3.63) is 39.1 Å². The summed E-state index contributed by atoms with van der Waals surface area (Å²) in [4.78, 5) is 30.2. The van der Waals surface area contributed by atoms with Gasteiger partial charge in [-0.3, -0.25) is 4.98 Å². The van der Waals surface area contributed by atoms with Gasteiger partial charge in [-0.15, -0.1) is 0 Å². The predicted octanol–water partition coefficient (Wildman–Crippen LogP) is 5.28. The fourth-order valence-electron chi connectivity index (χ4n) is 3.25. The van der Waals surface area contributed by atoms with Crippen molar-refractivity contribution in [2.45, 2.75) is 41.0 Å². The molecule has 0 fully saturated rings. The summed E-state index contributed by atoms with van der Waals surface area (Å²) in [6, 6.07) is 3.52. The summed E-state index contributed by atoms with van der Waals surface area (Å²) >= 11 is 3.54. The summed E-state index contributed by atoms with van der Waals surface area (Å²) in [6.45, 7) is 9.78. The largest absolute Gasteiger partial charge is 0.493 e. The smallest absolute Gasteiger partial charge is 0.340 e. The number of ether oxygens (including phenoxy) is 4. The zero-order valence-corrected chi connectivity index (χ0v) is 20.3. The van der Waals surface area contributed by atoms with Crippen molar-refractivity contribution >= 4 is 27.9 Å². The Balaban J connectivity index is 2.88. The van der Waals surface area contributed by atoms with E-state index in [2.05, 4.69) is 20.9 Å². The molecule has 2 rings (SSSR count). The van der Waals surface area contributed by atoms with Crippen LogP contribution in [0.15, 0.2) is 16.6 Å². The molecule has 0 bridgehead atoms. The number of esters is 2. The fourth-order valence-corrected chi connectivity index (χ4v) is 3.81. The molecule has 0 aliphatic heterocycles. The Morgan fingerprint density at radius 1 is 0.968 bits per heavy atom. The van der Waals surface area contributed by atoms with Gasteiger partial charge in [-0.1, -0.05) is 6.92 Å². The van der Waals surface area contributed by atoms with Gasteiger partial charge < -0.3 is 18.9 Å². The van der Waals surface area contributed by atoms with Crippen LogP contribution in [0.1, 0.15) is 59.3 Å². The van der Waals surface area contributed by atoms with Crippen molar-refractivity contribution in [1.82, 2.24) is 4.98 Å². The Labute approximate surface area is 191 Å². The maximum absolute atomic E-state index is 12.9. The Morgan fingerprint density at radius 3 is 1.97 bits per heavy atom. The minimum Gasteiger partial charge on any atom is -0.493 e. The number of hydrogen-bond donors (Lipinski definition) is 0. The number of nitrogens with zero attached hydrogens (tertiary/aromatic N) is 1. The van der Waals surface area contributed by atoms with Crippen LogP contribution in [-0.2, 0) is 9.47 Å². The van der Waals surface area contributed by atoms with Crippen molar-refractivity contribution in [1.29, 1.82) is 0 Å². The molecule has 2 aromatic rings. The Hall–Kier alpha value is -2.61. The van der Waals surface area contributed by atoms with Crippen LogP contribution in [0.5, 0.6) is 11.5 Å². The topological polar surface area (TPSA) is 84.0 Å². The van der Waals surface area contributed by atoms with E-state index >= 15 is 0 Å². The van der Waals surface area contributed by atoms with Crippen LogP contribution in [-0.4, -0.2) is 43.9 Å². The van der Waals surface area contributed by atoms with Crippen molar-refractivity contribution in [3.8, 4) is 22.6 Å². The van der Waals surface area contributed by atoms with E-state index in [1.807, 2.05) is 6.92 Å². The highest BCUT2D eigenvalue weighted by Gasteiger charge is 2.29. The molecule has 8 heteroatoms. The summed E-state index contributed by atoms with van der Waals surface area (Å²) in [6.07, 6.45) is 0.833. The van der Waals surface area contributed by atoms with Crippen LogP contribution in [0.3, 0.4) is 0 Å². The normalized spacial score (nSPS) is 10.5. The second-order valence-electron chi connectivity index (χ2n) is 6.69. The Kier molecular flexibility index (Phi) is 8.86. The van der Waals surface area contributed by atoms with Crippen LogP contribution in [0, 0.1) is 13.8 Å². The molecule has 0 spiro atoms. The number of pyridine rings is 1. The van der Waals surface area contributed by atoms with Gasteiger partial charge in [0.05, 0.1) is 53.9 Å². The van der Waals surface area contributed by atoms with E-state index in [0.717, 1.165) is 6.42 Å². The number of halogens is 1. The zero-order valence-electron chi connectivity index (χ0n) is 18.8. The third-order valence-corrected chi connectivity index (χ3v) is 5.08. The molecule has 1 aromatic heterocycles. The molecule has 0 N–H and O–H groups in total. The first-order valence-electron chi connectivity index (χ1n) is 10.2. The summed E-state index contributed by atoms with van der Waals surface area (Å²) < 4.78 is 22.5. The molecule has 0 unspecified atom stereocenters. The quantitative estimate of drug-likeness (QED) is 0.439. The molecular weight excluding hydrogens is 466 g/mol. The molecule has 0 radical (unpaired) electrons. The van der Waals surface area contributed by atoms with Crippen LogP contribution in [0.25, 0.3) is 11.1 Å². The van der Waals surface area contributed by atoms with Crippen molar-refractivity contribution in [3.63, 3.8) is 0 Å². The summed E-state index contributed by atoms with van der Waals surface area (Å²) in [5.41, 5.74) is 2.31. The summed E-state index contributed by atoms with van der Waals surface area (Å²) in [5, 5.41) is 0. The minimum atomic E-state index is -0.561. The van der Waals surface area contributed by atoms with Crippen molar-refractivity contribution < 1.29 is 28.5 Å². The molecule has 7 nitrogen and oxygen atoms in total. The van der Waals surface area contributed by atoms with Gasteiger partial charge in [0.15, 0.2) is 11.5 Å². The average molecular weight is 494 g/mol. The van der Waals surface area contributed by atoms with E-state index in [1.54, 1.807) is 39.8 Å². The zero-order chi connectivity index (χ0) is 23.1. The van der Waals surface area contributed by atoms with E-state index in [1.165, 1.54) is 7.11 Å². The lowest BCUT2D eigenvalue weighted by molar-refractivity contribution is 0.0525. The van der Waals surface area contributed by atoms with E-state index in [9.17, 15) is 9.59 Å². The molecule has 0 saturated carbocycles. The van der Waals surface area contributed by atoms with Gasteiger partial charge >= 0.3 is 11.9 Å². The molecule has 1 aromatic carbocycles. The van der Waals surface area contributed by atoms with Crippen molar-refractivity contribution in [2.24, 2.45) is 0 Å². The molecule has 168 valence electrons. The molecule has 0 aliphatic carbocycles. The highest BCUT2D eigenvalue weighted by Crippen LogP contribution is 2.42. The SMILES string of the molecule is CCCOc1c(Br)cc(-c2c(C(=O)OCC)c(C)nc(C)c2C(=O)OCC)cc1OC. The fraction of sp³-hybridized carbons (Fsp3) is 0.435. The number of aromatic nitrogens is 1. The van der Waals surface area contributed by atoms with Crippen molar-refractivity contribution in [2.75, 3.05) is 26.9 Å². The van der Waals surface area contributed by atoms with Gasteiger partial charge in [0.2, 0.25) is 0 Å². The lowest BCUT2D eigenvalue weighted by Gasteiger charge is -2.19. The third-order valence-electron chi connectivity index (χ3n) is 4.49. The van der Waals surface area contributed by atoms with Gasteiger partial charge in [0.25, 0.3) is 0 Å². The van der Waals surface area contributed by atoms with Crippen LogP contribution >= 0.6 is 15.9 Å². The van der Waals surface area contributed by atoms with E-state index in [0.29, 0.717) is 45.1 Å². The number of benzene rings is 1. The van der Waals surface area contributed by atoms with E-state index in [-0.39, 0.29) is 24.3 Å². The number of rotatable bonds is 9. The number of methoxy groups -OCH3 is 1. The lowest BCUT2D eigenvalue weighted by Crippen LogP contribution is -2.17. The third kappa shape index (κ3) is 5.36. The molecule has 31 heavy (non-hydrogen) atoms. The number of aryl methyl sites for hydroxylation is 2. The van der Waals surface area contributed by atoms with Gasteiger partial charge in [-0.05, 0) is 67.7 Å². The number of carbonyl (C=O) groups excluding carboxylic acids is 2. The predicted molar refractivity (Wildman–Crippen MR) is 121 cm³/mol. The maximum Gasteiger partial charge on any atom is 0.340 e. The first-order chi connectivity index (χ1) is 14.8. The summed E-state index contributed by atoms with van der Waals surface area (Å²) in [7, 11) is 1.53. The summed E-state index contributed by atoms with van der Waals surface area (Å²) in [5.74, 6) is -0.107. The molecule has 0 amide bonds. The van der Waals surface area contributed by atoms with Gasteiger partial charge in [-0.2, -0.15) is 0 Å². The minimum absolute atomic E-state index is 0.192. The highest BCUT2D eigenvalue weighted by atomic mass is 79.9. The molecule has 0 saturated heterocycles. The molecule has 0 aliphatic rings. The Morgan fingerprint density at radius 2 is 1.52 bits per heavy atom. The Bertz CT molecular complexity index is 931. The average Bonchev–Trinajstić information content (AvgIpc) is 2.71. The standard InChI is InChI=1S/C23H28BrNO6/c1-7-10-31-21-16(24)11-15(12-17(21)28-6)20-18(22(26)29-8-2)13(4)25-14(5)19(20)23(27)30-9-3/h11-12H,7-10H2,1-6H3.